The maximum Gasteiger partial charge on any atom is 0.109 e. The zero-order valence-electron chi connectivity index (χ0n) is 21.3. The Labute approximate surface area is 204 Å². The summed E-state index contributed by atoms with van der Waals surface area (Å²) in [5.74, 6) is -1.28. The first-order chi connectivity index (χ1) is 15.8. The second-order valence-electron chi connectivity index (χ2n) is 13.1. The van der Waals surface area contributed by atoms with Gasteiger partial charge in [0.25, 0.3) is 0 Å². The van der Waals surface area contributed by atoms with Crippen LogP contribution in [0.2, 0.25) is 0 Å². The molecule has 0 aromatic heterocycles. The predicted octanol–water partition coefficient (Wildman–Crippen LogP) is 1.44. The highest BCUT2D eigenvalue weighted by Crippen LogP contribution is 2.69. The van der Waals surface area contributed by atoms with Gasteiger partial charge < -0.3 is 35.7 Å². The van der Waals surface area contributed by atoms with Gasteiger partial charge in [0.15, 0.2) is 0 Å². The Bertz CT molecular complexity index is 734. The molecular formula is C27H48O7. The van der Waals surface area contributed by atoms with Gasteiger partial charge in [-0.05, 0) is 78.9 Å². The lowest BCUT2D eigenvalue weighted by Crippen LogP contribution is -2.75. The molecule has 0 saturated heterocycles. The molecule has 34 heavy (non-hydrogen) atoms. The van der Waals surface area contributed by atoms with E-state index in [1.165, 1.54) is 0 Å². The highest BCUT2D eigenvalue weighted by molar-refractivity contribution is 5.24. The molecule has 4 aliphatic rings. The Balaban J connectivity index is 1.66. The first-order valence-electron chi connectivity index (χ1n) is 13.6. The van der Waals surface area contributed by atoms with Crippen molar-refractivity contribution < 1.29 is 35.7 Å². The number of aliphatic hydroxyl groups is 7. The predicted molar refractivity (Wildman–Crippen MR) is 128 cm³/mol. The monoisotopic (exact) mass is 484 g/mol. The number of fused-ring (bicyclic) bond motifs is 5. The third kappa shape index (κ3) is 3.72. The number of aliphatic hydroxyl groups excluding tert-OH is 6. The summed E-state index contributed by atoms with van der Waals surface area (Å²) < 4.78 is 0. The van der Waals surface area contributed by atoms with Crippen LogP contribution in [0.25, 0.3) is 0 Å². The fourth-order valence-electron chi connectivity index (χ4n) is 9.52. The van der Waals surface area contributed by atoms with Crippen LogP contribution in [0.4, 0.5) is 0 Å². The molecule has 0 bridgehead atoms. The fourth-order valence-corrected chi connectivity index (χ4v) is 9.52. The van der Waals surface area contributed by atoms with E-state index >= 15 is 0 Å². The van der Waals surface area contributed by atoms with Crippen LogP contribution in [0, 0.1) is 46.3 Å². The number of rotatable bonds is 6. The van der Waals surface area contributed by atoms with Crippen LogP contribution < -0.4 is 0 Å². The van der Waals surface area contributed by atoms with Gasteiger partial charge in [-0.3, -0.25) is 0 Å². The van der Waals surface area contributed by atoms with Crippen LogP contribution in [0.5, 0.6) is 0 Å². The largest absolute Gasteiger partial charge is 0.396 e. The van der Waals surface area contributed by atoms with Crippen molar-refractivity contribution in [3.8, 4) is 0 Å². The average molecular weight is 485 g/mol. The third-order valence-corrected chi connectivity index (χ3v) is 11.2. The summed E-state index contributed by atoms with van der Waals surface area (Å²) in [6.07, 6.45) is 0.370. The van der Waals surface area contributed by atoms with Crippen molar-refractivity contribution in [1.82, 2.24) is 0 Å². The molecule has 0 spiro atoms. The molecule has 0 aliphatic heterocycles. The smallest absolute Gasteiger partial charge is 0.109 e. The standard InChI is InChI=1S/C27H48O7/c1-14(13-28)6-5-7-15(2)19-21(31)22(32)23-26(19,4)11-9-18-25(3)10-8-16(29)12-17(25)20(30)24(33)27(18,23)34/h14-24,28-34H,5-13H2,1-4H3/t14-,15+,16-,17+,18-,19-,20+,21+,22-,23+,24+,25-,26+,27-/m0/s1. The molecule has 4 fully saturated rings. The van der Waals surface area contributed by atoms with Crippen LogP contribution in [-0.4, -0.2) is 78.5 Å². The zero-order valence-corrected chi connectivity index (χ0v) is 21.3. The molecule has 14 atom stereocenters. The highest BCUT2D eigenvalue weighted by atomic mass is 16.4. The first kappa shape index (κ1) is 26.8. The fraction of sp³-hybridized carbons (Fsp3) is 1.00. The van der Waals surface area contributed by atoms with E-state index in [0.717, 1.165) is 25.7 Å². The topological polar surface area (TPSA) is 142 Å². The van der Waals surface area contributed by atoms with Gasteiger partial charge >= 0.3 is 0 Å². The van der Waals surface area contributed by atoms with E-state index in [4.69, 9.17) is 0 Å². The molecule has 7 nitrogen and oxygen atoms in total. The Morgan fingerprint density at radius 1 is 0.853 bits per heavy atom. The summed E-state index contributed by atoms with van der Waals surface area (Å²) in [4.78, 5) is 0. The summed E-state index contributed by atoms with van der Waals surface area (Å²) in [6, 6.07) is 0. The van der Waals surface area contributed by atoms with E-state index < -0.39 is 52.9 Å². The van der Waals surface area contributed by atoms with Crippen molar-refractivity contribution in [2.45, 2.75) is 115 Å². The van der Waals surface area contributed by atoms with Gasteiger partial charge in [0, 0.05) is 12.5 Å². The van der Waals surface area contributed by atoms with Gasteiger partial charge in [0.1, 0.15) is 11.7 Å². The molecule has 0 heterocycles. The van der Waals surface area contributed by atoms with E-state index in [-0.39, 0.29) is 36.2 Å². The second kappa shape index (κ2) is 9.23. The normalized spacial score (nSPS) is 54.6. The maximum atomic E-state index is 12.3. The minimum atomic E-state index is -1.71. The molecule has 7 N–H and O–H groups in total. The Morgan fingerprint density at radius 2 is 1.50 bits per heavy atom. The van der Waals surface area contributed by atoms with Crippen LogP contribution in [0.15, 0.2) is 0 Å². The molecule has 0 aromatic rings. The molecule has 198 valence electrons. The van der Waals surface area contributed by atoms with Crippen LogP contribution in [0.3, 0.4) is 0 Å². The van der Waals surface area contributed by atoms with E-state index in [9.17, 15) is 35.7 Å². The van der Waals surface area contributed by atoms with E-state index in [1.807, 2.05) is 13.8 Å². The summed E-state index contributed by atoms with van der Waals surface area (Å²) in [5.41, 5.74) is -2.74. The molecule has 0 unspecified atom stereocenters. The lowest BCUT2D eigenvalue weighted by Gasteiger charge is -2.67. The molecule has 0 radical (unpaired) electrons. The maximum absolute atomic E-state index is 12.3. The molecule has 0 amide bonds. The van der Waals surface area contributed by atoms with E-state index in [0.29, 0.717) is 25.7 Å². The Kier molecular flexibility index (Phi) is 7.27. The number of hydrogen-bond acceptors (Lipinski definition) is 7. The molecule has 0 aromatic carbocycles. The van der Waals surface area contributed by atoms with Crippen molar-refractivity contribution in [3.63, 3.8) is 0 Å². The quantitative estimate of drug-likeness (QED) is 0.302. The molecule has 7 heteroatoms. The van der Waals surface area contributed by atoms with Crippen molar-refractivity contribution in [1.29, 1.82) is 0 Å². The SMILES string of the molecule is C[C@H](CO)CCC[C@@H](C)[C@H]1[C@@H](O)[C@H](O)[C@@H]2[C@]1(C)CC[C@H]1[C@@]3(C)CC[C@H](O)C[C@@H]3[C@@H](O)[C@@H](O)[C@@]21O. The van der Waals surface area contributed by atoms with E-state index in [2.05, 4.69) is 13.8 Å². The Morgan fingerprint density at radius 3 is 2.15 bits per heavy atom. The van der Waals surface area contributed by atoms with Gasteiger partial charge in [-0.15, -0.1) is 0 Å². The lowest BCUT2D eigenvalue weighted by atomic mass is 9.41. The summed E-state index contributed by atoms with van der Waals surface area (Å²) >= 11 is 0. The first-order valence-corrected chi connectivity index (χ1v) is 13.6. The summed E-state index contributed by atoms with van der Waals surface area (Å²) in [6.45, 7) is 8.38. The van der Waals surface area contributed by atoms with Crippen LogP contribution in [0.1, 0.15) is 79.1 Å². The molecule has 4 rings (SSSR count). The minimum Gasteiger partial charge on any atom is -0.396 e. The van der Waals surface area contributed by atoms with Crippen LogP contribution in [-0.2, 0) is 0 Å². The van der Waals surface area contributed by atoms with Crippen molar-refractivity contribution in [2.24, 2.45) is 46.3 Å². The number of hydrogen-bond donors (Lipinski definition) is 7. The summed E-state index contributed by atoms with van der Waals surface area (Å²) in [7, 11) is 0. The minimum absolute atomic E-state index is 0.101. The second-order valence-corrected chi connectivity index (χ2v) is 13.1. The van der Waals surface area contributed by atoms with Gasteiger partial charge in [0.05, 0.1) is 24.4 Å². The van der Waals surface area contributed by atoms with Gasteiger partial charge in [-0.1, -0.05) is 40.5 Å². The Hall–Kier alpha value is -0.280. The van der Waals surface area contributed by atoms with Gasteiger partial charge in [-0.25, -0.2) is 0 Å². The molecule has 4 saturated carbocycles. The summed E-state index contributed by atoms with van der Waals surface area (Å²) in [5, 5.41) is 77.2. The lowest BCUT2D eigenvalue weighted by molar-refractivity contribution is -0.309. The van der Waals surface area contributed by atoms with E-state index in [1.54, 1.807) is 0 Å². The highest BCUT2D eigenvalue weighted by Gasteiger charge is 2.75. The van der Waals surface area contributed by atoms with Crippen LogP contribution >= 0.6 is 0 Å². The van der Waals surface area contributed by atoms with Gasteiger partial charge in [0.2, 0.25) is 0 Å². The third-order valence-electron chi connectivity index (χ3n) is 11.2. The van der Waals surface area contributed by atoms with Crippen molar-refractivity contribution in [3.05, 3.63) is 0 Å². The zero-order chi connectivity index (χ0) is 25.2. The average Bonchev–Trinajstić information content (AvgIpc) is 2.99. The van der Waals surface area contributed by atoms with Crippen molar-refractivity contribution >= 4 is 0 Å². The molecular weight excluding hydrogens is 436 g/mol. The van der Waals surface area contributed by atoms with Gasteiger partial charge in [-0.2, -0.15) is 0 Å². The molecule has 4 aliphatic carbocycles. The van der Waals surface area contributed by atoms with Crippen molar-refractivity contribution in [2.75, 3.05) is 6.61 Å².